The van der Waals surface area contributed by atoms with Crippen LogP contribution < -0.4 is 40.2 Å². The van der Waals surface area contributed by atoms with Crippen LogP contribution in [0.15, 0.2) is 82.6 Å². The van der Waals surface area contributed by atoms with E-state index in [1.807, 2.05) is 18.2 Å². The molecule has 3 aliphatic rings. The first-order chi connectivity index (χ1) is 40.2. The van der Waals surface area contributed by atoms with E-state index in [-0.39, 0.29) is 80.0 Å². The lowest BCUT2D eigenvalue weighted by Gasteiger charge is -2.35. The molecule has 19 nitrogen and oxygen atoms in total. The van der Waals surface area contributed by atoms with Crippen molar-refractivity contribution in [2.75, 3.05) is 119 Å². The Morgan fingerprint density at radius 1 is 0.663 bits per heavy atom. The second-order valence-corrected chi connectivity index (χ2v) is 24.8. The maximum atomic E-state index is 15.0. The molecule has 83 heavy (non-hydrogen) atoms. The maximum Gasteiger partial charge on any atom is 0.314 e. The SMILES string of the molecule is CCCCN(C)C1Cc2c(C)cc(Cl)cc2C1Oc1ccc(S(=O)(=O)NCCOCCOCCNC(=O)NCCCCNC(=O)NCCOCCOCCNS(=O)c2ccc(OC3c4cc(Cl)cc(F)c4CC3N3CCCCC3)cc2)cc1. The second-order valence-electron chi connectivity index (χ2n) is 20.8. The number of sulfonamides is 1. The van der Waals surface area contributed by atoms with Crippen LogP contribution in [0.25, 0.3) is 0 Å². The summed E-state index contributed by atoms with van der Waals surface area (Å²) in [6.07, 6.45) is 7.74. The fraction of sp³-hybridized carbons (Fsp3) is 0.559. The molecule has 0 spiro atoms. The van der Waals surface area contributed by atoms with Gasteiger partial charge in [-0.15, -0.1) is 0 Å². The highest BCUT2D eigenvalue weighted by Gasteiger charge is 2.41. The number of urea groups is 2. The highest BCUT2D eigenvalue weighted by Crippen LogP contribution is 2.43. The molecule has 4 aromatic rings. The molecule has 0 aromatic heterocycles. The Morgan fingerprint density at radius 2 is 1.19 bits per heavy atom. The van der Waals surface area contributed by atoms with Gasteiger partial charge in [0.2, 0.25) is 10.0 Å². The molecule has 4 amide bonds. The molecular weight excluding hydrogens is 1150 g/mol. The summed E-state index contributed by atoms with van der Waals surface area (Å²) in [6.45, 7) is 11.3. The summed E-state index contributed by atoms with van der Waals surface area (Å²) >= 11 is 12.7. The molecule has 6 N–H and O–H groups in total. The van der Waals surface area contributed by atoms with Gasteiger partial charge in [0.1, 0.15) is 40.5 Å². The Bertz CT molecular complexity index is 2810. The number of hydrogen-bond donors (Lipinski definition) is 6. The highest BCUT2D eigenvalue weighted by atomic mass is 35.5. The summed E-state index contributed by atoms with van der Waals surface area (Å²) in [5.41, 5.74) is 4.90. The molecule has 1 aliphatic heterocycles. The number of nitrogens with one attached hydrogen (secondary N) is 6. The Kier molecular flexibility index (Phi) is 27.3. The van der Waals surface area contributed by atoms with Crippen molar-refractivity contribution in [2.24, 2.45) is 0 Å². The van der Waals surface area contributed by atoms with Crippen LogP contribution in [0.1, 0.15) is 91.9 Å². The third-order valence-corrected chi connectivity index (χ3v) is 17.9. The van der Waals surface area contributed by atoms with Gasteiger partial charge in [-0.2, -0.15) is 0 Å². The zero-order valence-electron chi connectivity index (χ0n) is 48.0. The van der Waals surface area contributed by atoms with Crippen LogP contribution in [-0.2, 0) is 52.8 Å². The van der Waals surface area contributed by atoms with E-state index in [1.54, 1.807) is 36.4 Å². The summed E-state index contributed by atoms with van der Waals surface area (Å²) in [6, 6.07) is 20.2. The normalized spacial score (nSPS) is 18.2. The largest absolute Gasteiger partial charge is 0.484 e. The van der Waals surface area contributed by atoms with Gasteiger partial charge in [0, 0.05) is 54.9 Å². The van der Waals surface area contributed by atoms with Crippen LogP contribution in [0, 0.1) is 12.7 Å². The van der Waals surface area contributed by atoms with Crippen LogP contribution in [-0.4, -0.2) is 165 Å². The standard InChI is InChI=1S/C59H83Cl2FN8O11S2/c1-4-5-25-69(3)54-40-49-42(2)36-43(60)37-51(49)56(54)80-46-13-17-48(18-14-46)83(74,75)68-24-31-79-35-33-77-29-22-66-59(72)64-20-8-7-19-63-58(71)65-21-28-76-32-34-78-30-23-67-82(73)47-15-11-45(12-16-47)81-57-52-38-44(61)39-53(62)50(52)41-55(57)70-26-9-6-10-27-70/h11-18,36-39,54-57,67-68H,4-10,19-35,40-41H2,1-3H3,(H2,63,65,71)(H2,64,66,72). The van der Waals surface area contributed by atoms with E-state index in [0.717, 1.165) is 68.4 Å². The molecule has 0 saturated carbocycles. The van der Waals surface area contributed by atoms with Gasteiger partial charge in [-0.05, 0) is 174 Å². The average molecular weight is 1230 g/mol. The van der Waals surface area contributed by atoms with Crippen molar-refractivity contribution in [3.63, 3.8) is 0 Å². The molecule has 5 atom stereocenters. The van der Waals surface area contributed by atoms with Gasteiger partial charge >= 0.3 is 12.1 Å². The minimum Gasteiger partial charge on any atom is -0.484 e. The van der Waals surface area contributed by atoms with Crippen molar-refractivity contribution in [1.82, 2.24) is 40.5 Å². The van der Waals surface area contributed by atoms with Gasteiger partial charge in [0.15, 0.2) is 0 Å². The van der Waals surface area contributed by atoms with E-state index in [4.69, 9.17) is 51.6 Å². The third kappa shape index (κ3) is 20.8. The number of halogens is 3. The first-order valence-corrected chi connectivity index (χ1v) is 32.3. The third-order valence-electron chi connectivity index (χ3n) is 14.8. The molecule has 24 heteroatoms. The number of benzene rings is 4. The van der Waals surface area contributed by atoms with Crippen molar-refractivity contribution in [3.05, 3.63) is 116 Å². The number of rotatable bonds is 36. The minimum absolute atomic E-state index is 0.0119. The van der Waals surface area contributed by atoms with Gasteiger partial charge in [0.05, 0.1) is 74.7 Å². The van der Waals surface area contributed by atoms with Crippen molar-refractivity contribution in [3.8, 4) is 11.5 Å². The van der Waals surface area contributed by atoms with E-state index in [0.29, 0.717) is 110 Å². The number of nitrogens with zero attached hydrogens (tertiary/aromatic N) is 2. The summed E-state index contributed by atoms with van der Waals surface area (Å²) in [7, 11) is -3.12. The van der Waals surface area contributed by atoms with Crippen LogP contribution in [0.2, 0.25) is 10.0 Å². The number of ether oxygens (including phenoxy) is 6. The van der Waals surface area contributed by atoms with Crippen LogP contribution in [0.4, 0.5) is 14.0 Å². The quantitative estimate of drug-likeness (QED) is 0.0240. The summed E-state index contributed by atoms with van der Waals surface area (Å²) < 4.78 is 94.7. The van der Waals surface area contributed by atoms with E-state index >= 15 is 0 Å². The topological polar surface area (TPSA) is 219 Å². The molecule has 5 unspecified atom stereocenters. The van der Waals surface area contributed by atoms with Crippen molar-refractivity contribution >= 4 is 56.3 Å². The van der Waals surface area contributed by atoms with Crippen LogP contribution in [0.3, 0.4) is 0 Å². The molecule has 4 aromatic carbocycles. The first kappa shape index (κ1) is 65.8. The number of fused-ring (bicyclic) bond motifs is 2. The Balaban J connectivity index is 0.627. The number of amides is 4. The van der Waals surface area contributed by atoms with E-state index in [9.17, 15) is 26.6 Å². The molecule has 1 heterocycles. The van der Waals surface area contributed by atoms with Crippen molar-refractivity contribution in [1.29, 1.82) is 0 Å². The number of aryl methyl sites for hydroxylation is 1. The number of unbranched alkanes of at least 4 members (excludes halogenated alkanes) is 2. The summed E-state index contributed by atoms with van der Waals surface area (Å²) in [5.74, 6) is 0.886. The number of carbonyl (C=O) groups is 2. The average Bonchev–Trinajstić information content (AvgIpc) is 4.14. The lowest BCUT2D eigenvalue weighted by atomic mass is 10.0. The zero-order valence-corrected chi connectivity index (χ0v) is 51.1. The molecule has 0 radical (unpaired) electrons. The lowest BCUT2D eigenvalue weighted by Crippen LogP contribution is -2.43. The molecule has 2 aliphatic carbocycles. The van der Waals surface area contributed by atoms with Crippen molar-refractivity contribution in [2.45, 2.75) is 106 Å². The smallest absolute Gasteiger partial charge is 0.314 e. The number of carbonyl (C=O) groups excluding carboxylic acids is 2. The molecular formula is C59H83Cl2FN8O11S2. The number of piperidine rings is 1. The Morgan fingerprint density at radius 3 is 1.80 bits per heavy atom. The molecule has 1 saturated heterocycles. The molecule has 0 bridgehead atoms. The number of likely N-dealkylation sites (N-methyl/N-ethyl adjacent to an activating group) is 1. The van der Waals surface area contributed by atoms with Crippen LogP contribution in [0.5, 0.6) is 11.5 Å². The van der Waals surface area contributed by atoms with E-state index in [1.165, 1.54) is 30.2 Å². The number of likely N-dealkylation sites (tertiary alicyclic amines) is 1. The minimum atomic E-state index is -3.78. The first-order valence-electron chi connectivity index (χ1n) is 28.9. The summed E-state index contributed by atoms with van der Waals surface area (Å²) in [4.78, 5) is 29.7. The lowest BCUT2D eigenvalue weighted by molar-refractivity contribution is 0.0516. The predicted octanol–water partition coefficient (Wildman–Crippen LogP) is 7.78. The fourth-order valence-electron chi connectivity index (χ4n) is 10.4. The van der Waals surface area contributed by atoms with E-state index in [2.05, 4.69) is 61.4 Å². The maximum absolute atomic E-state index is 15.0. The highest BCUT2D eigenvalue weighted by molar-refractivity contribution is 7.89. The Hall–Kier alpha value is -4.69. The molecule has 1 fully saturated rings. The van der Waals surface area contributed by atoms with Gasteiger partial charge in [0.25, 0.3) is 0 Å². The van der Waals surface area contributed by atoms with Gasteiger partial charge < -0.3 is 49.7 Å². The zero-order chi connectivity index (χ0) is 59.0. The fourth-order valence-corrected chi connectivity index (χ4v) is 12.8. The molecule has 7 rings (SSSR count). The molecule has 458 valence electrons. The van der Waals surface area contributed by atoms with Gasteiger partial charge in [-0.3, -0.25) is 9.80 Å². The van der Waals surface area contributed by atoms with Gasteiger partial charge in [-0.25, -0.2) is 36.1 Å². The van der Waals surface area contributed by atoms with Gasteiger partial charge in [-0.1, -0.05) is 43.0 Å². The monoisotopic (exact) mass is 1230 g/mol. The summed E-state index contributed by atoms with van der Waals surface area (Å²) in [5, 5.41) is 12.0. The van der Waals surface area contributed by atoms with Crippen molar-refractivity contribution < 1.29 is 55.0 Å². The number of hydrogen-bond acceptors (Lipinski definition) is 13. The Labute approximate surface area is 501 Å². The van der Waals surface area contributed by atoms with Crippen LogP contribution >= 0.6 is 23.2 Å². The second kappa shape index (κ2) is 34.5. The predicted molar refractivity (Wildman–Crippen MR) is 320 cm³/mol. The van der Waals surface area contributed by atoms with E-state index < -0.39 is 21.0 Å².